The number of anilines is 1. The van der Waals surface area contributed by atoms with Gasteiger partial charge < -0.3 is 10.4 Å². The first-order chi connectivity index (χ1) is 11.3. The number of phenolic OH excluding ortho intramolecular Hbond substituents is 1. The van der Waals surface area contributed by atoms with Crippen LogP contribution in [-0.4, -0.2) is 20.8 Å². The minimum Gasteiger partial charge on any atom is -0.506 e. The largest absolute Gasteiger partial charge is 0.506 e. The van der Waals surface area contributed by atoms with Crippen LogP contribution < -0.4 is 5.32 Å². The Hall–Kier alpha value is -2.30. The molecule has 1 aromatic carbocycles. The van der Waals surface area contributed by atoms with Crippen LogP contribution in [0.15, 0.2) is 24.4 Å². The predicted molar refractivity (Wildman–Crippen MR) is 94.3 cm³/mol. The van der Waals surface area contributed by atoms with Crippen molar-refractivity contribution in [2.75, 3.05) is 5.32 Å². The number of hydrogen-bond donors (Lipinski definition) is 2. The van der Waals surface area contributed by atoms with Crippen molar-refractivity contribution >= 4 is 11.6 Å². The summed E-state index contributed by atoms with van der Waals surface area (Å²) >= 11 is 0. The number of nitrogens with zero attached hydrogens (tertiary/aromatic N) is 2. The van der Waals surface area contributed by atoms with E-state index in [2.05, 4.69) is 31.2 Å². The highest BCUT2D eigenvalue weighted by atomic mass is 16.3. The Morgan fingerprint density at radius 1 is 1.38 bits per heavy atom. The molecule has 128 valence electrons. The second kappa shape index (κ2) is 5.96. The van der Waals surface area contributed by atoms with Gasteiger partial charge >= 0.3 is 0 Å². The standard InChI is InChI=1S/C19H25N3O2/c1-19(2,3)12-8-9-16(17(23)10-12)20-18(24)13-6-5-7-15-14(13)11-22(4)21-15/h8-11,13,23H,5-7H2,1-4H3,(H,20,24). The third-order valence-electron chi connectivity index (χ3n) is 4.66. The van der Waals surface area contributed by atoms with Crippen LogP contribution in [0.2, 0.25) is 0 Å². The van der Waals surface area contributed by atoms with Crippen molar-refractivity contribution in [1.29, 1.82) is 0 Å². The van der Waals surface area contributed by atoms with Gasteiger partial charge in [-0.3, -0.25) is 9.48 Å². The van der Waals surface area contributed by atoms with Gasteiger partial charge in [-0.25, -0.2) is 0 Å². The van der Waals surface area contributed by atoms with E-state index in [0.717, 1.165) is 36.1 Å². The van der Waals surface area contributed by atoms with Gasteiger partial charge in [-0.15, -0.1) is 0 Å². The number of carbonyl (C=O) groups is 1. The summed E-state index contributed by atoms with van der Waals surface area (Å²) in [7, 11) is 1.88. The summed E-state index contributed by atoms with van der Waals surface area (Å²) in [6, 6.07) is 5.46. The zero-order valence-electron chi connectivity index (χ0n) is 14.8. The first kappa shape index (κ1) is 16.6. The number of fused-ring (bicyclic) bond motifs is 1. The maximum Gasteiger partial charge on any atom is 0.232 e. The number of rotatable bonds is 2. The molecule has 0 spiro atoms. The lowest BCUT2D eigenvalue weighted by molar-refractivity contribution is -0.117. The molecule has 0 saturated heterocycles. The molecule has 1 aliphatic carbocycles. The molecule has 0 bridgehead atoms. The summed E-state index contributed by atoms with van der Waals surface area (Å²) in [5.41, 5.74) is 3.46. The topological polar surface area (TPSA) is 67.2 Å². The highest BCUT2D eigenvalue weighted by Gasteiger charge is 2.29. The Bertz CT molecular complexity index is 771. The van der Waals surface area contributed by atoms with Crippen LogP contribution in [0.4, 0.5) is 5.69 Å². The Morgan fingerprint density at radius 3 is 2.79 bits per heavy atom. The summed E-state index contributed by atoms with van der Waals surface area (Å²) in [6.07, 6.45) is 4.62. The lowest BCUT2D eigenvalue weighted by Crippen LogP contribution is -2.24. The van der Waals surface area contributed by atoms with E-state index in [1.807, 2.05) is 19.3 Å². The zero-order valence-corrected chi connectivity index (χ0v) is 14.8. The van der Waals surface area contributed by atoms with Crippen molar-refractivity contribution < 1.29 is 9.90 Å². The molecule has 5 heteroatoms. The highest BCUT2D eigenvalue weighted by molar-refractivity contribution is 5.97. The minimum absolute atomic E-state index is 0.0476. The molecule has 1 atom stereocenters. The van der Waals surface area contributed by atoms with Gasteiger partial charge in [-0.2, -0.15) is 5.10 Å². The third kappa shape index (κ3) is 3.16. The second-order valence-corrected chi connectivity index (χ2v) is 7.62. The fourth-order valence-corrected chi connectivity index (χ4v) is 3.26. The molecule has 5 nitrogen and oxygen atoms in total. The molecule has 1 aromatic heterocycles. The molecule has 2 N–H and O–H groups in total. The van der Waals surface area contributed by atoms with Gasteiger partial charge in [0.25, 0.3) is 0 Å². The maximum absolute atomic E-state index is 12.7. The van der Waals surface area contributed by atoms with E-state index >= 15 is 0 Å². The molecule has 2 aromatic rings. The maximum atomic E-state index is 12.7. The molecule has 0 fully saturated rings. The summed E-state index contributed by atoms with van der Waals surface area (Å²) in [5.74, 6) is -0.176. The van der Waals surface area contributed by atoms with Crippen LogP contribution in [0.25, 0.3) is 0 Å². The van der Waals surface area contributed by atoms with Gasteiger partial charge in [0.2, 0.25) is 5.91 Å². The molecule has 3 rings (SSSR count). The molecule has 1 aliphatic rings. The monoisotopic (exact) mass is 327 g/mol. The Labute approximate surface area is 142 Å². The van der Waals surface area contributed by atoms with E-state index in [-0.39, 0.29) is 23.0 Å². The first-order valence-corrected chi connectivity index (χ1v) is 8.42. The van der Waals surface area contributed by atoms with E-state index in [1.165, 1.54) is 0 Å². The number of nitrogens with one attached hydrogen (secondary N) is 1. The van der Waals surface area contributed by atoms with E-state index < -0.39 is 0 Å². The molecular formula is C19H25N3O2. The molecule has 1 unspecified atom stereocenters. The Balaban J connectivity index is 1.81. The summed E-state index contributed by atoms with van der Waals surface area (Å²) in [6.45, 7) is 6.27. The zero-order chi connectivity index (χ0) is 17.5. The fourth-order valence-electron chi connectivity index (χ4n) is 3.26. The lowest BCUT2D eigenvalue weighted by atomic mass is 9.86. The van der Waals surface area contributed by atoms with E-state index in [4.69, 9.17) is 0 Å². The first-order valence-electron chi connectivity index (χ1n) is 8.42. The number of phenols is 1. The number of hydrogen-bond acceptors (Lipinski definition) is 3. The molecule has 0 saturated carbocycles. The van der Waals surface area contributed by atoms with E-state index in [0.29, 0.717) is 5.69 Å². The predicted octanol–water partition coefficient (Wildman–Crippen LogP) is 3.48. The van der Waals surface area contributed by atoms with Crippen molar-refractivity contribution in [3.05, 3.63) is 41.2 Å². The van der Waals surface area contributed by atoms with Crippen LogP contribution in [0.1, 0.15) is 56.4 Å². The number of carbonyl (C=O) groups excluding carboxylic acids is 1. The molecule has 0 radical (unpaired) electrons. The molecule has 24 heavy (non-hydrogen) atoms. The smallest absolute Gasteiger partial charge is 0.232 e. The second-order valence-electron chi connectivity index (χ2n) is 7.62. The van der Waals surface area contributed by atoms with Crippen LogP contribution >= 0.6 is 0 Å². The minimum atomic E-state index is -0.204. The molecule has 0 aliphatic heterocycles. The summed E-state index contributed by atoms with van der Waals surface area (Å²) in [5, 5.41) is 17.6. The number of aryl methyl sites for hydroxylation is 2. The van der Waals surface area contributed by atoms with Gasteiger partial charge in [0.15, 0.2) is 0 Å². The summed E-state index contributed by atoms with van der Waals surface area (Å²) in [4.78, 5) is 12.7. The average Bonchev–Trinajstić information content (AvgIpc) is 2.88. The van der Waals surface area contributed by atoms with Crippen molar-refractivity contribution in [1.82, 2.24) is 9.78 Å². The fraction of sp³-hybridized carbons (Fsp3) is 0.474. The van der Waals surface area contributed by atoms with Crippen molar-refractivity contribution in [2.24, 2.45) is 7.05 Å². The van der Waals surface area contributed by atoms with Gasteiger partial charge in [0.1, 0.15) is 5.75 Å². The van der Waals surface area contributed by atoms with E-state index in [9.17, 15) is 9.90 Å². The van der Waals surface area contributed by atoms with Crippen LogP contribution in [0.5, 0.6) is 5.75 Å². The summed E-state index contributed by atoms with van der Waals surface area (Å²) < 4.78 is 1.77. The molecule has 1 heterocycles. The van der Waals surface area contributed by atoms with Gasteiger partial charge in [-0.1, -0.05) is 26.8 Å². The highest BCUT2D eigenvalue weighted by Crippen LogP contribution is 2.34. The normalized spacial score (nSPS) is 17.4. The van der Waals surface area contributed by atoms with E-state index in [1.54, 1.807) is 16.8 Å². The number of benzene rings is 1. The Morgan fingerprint density at radius 2 is 2.12 bits per heavy atom. The molecule has 1 amide bonds. The van der Waals surface area contributed by atoms with Gasteiger partial charge in [-0.05, 0) is 42.4 Å². The average molecular weight is 327 g/mol. The van der Waals surface area contributed by atoms with Crippen LogP contribution in [0.3, 0.4) is 0 Å². The Kier molecular flexibility index (Phi) is 4.11. The number of aromatic nitrogens is 2. The lowest BCUT2D eigenvalue weighted by Gasteiger charge is -2.22. The number of amides is 1. The third-order valence-corrected chi connectivity index (χ3v) is 4.66. The van der Waals surface area contributed by atoms with Crippen LogP contribution in [0, 0.1) is 0 Å². The van der Waals surface area contributed by atoms with Crippen molar-refractivity contribution in [2.45, 2.75) is 51.4 Å². The SMILES string of the molecule is Cn1cc2c(n1)CCCC2C(=O)Nc1ccc(C(C)(C)C)cc1O. The van der Waals surface area contributed by atoms with Gasteiger partial charge in [0, 0.05) is 18.8 Å². The quantitative estimate of drug-likeness (QED) is 0.830. The van der Waals surface area contributed by atoms with Crippen molar-refractivity contribution in [3.8, 4) is 5.75 Å². The van der Waals surface area contributed by atoms with Gasteiger partial charge in [0.05, 0.1) is 17.3 Å². The van der Waals surface area contributed by atoms with Crippen LogP contribution in [-0.2, 0) is 23.7 Å². The van der Waals surface area contributed by atoms with Crippen molar-refractivity contribution in [3.63, 3.8) is 0 Å². The molecular weight excluding hydrogens is 302 g/mol. The number of aromatic hydroxyl groups is 1.